The van der Waals surface area contributed by atoms with Gasteiger partial charge in [-0.15, -0.1) is 0 Å². The van der Waals surface area contributed by atoms with E-state index in [0.29, 0.717) is 12.0 Å². The Morgan fingerprint density at radius 1 is 1.18 bits per heavy atom. The van der Waals surface area contributed by atoms with Gasteiger partial charge in [0.1, 0.15) is 0 Å². The third kappa shape index (κ3) is 3.96. The Kier molecular flexibility index (Phi) is 5.30. The van der Waals surface area contributed by atoms with Gasteiger partial charge in [-0.25, -0.2) is 0 Å². The molecule has 0 aromatic carbocycles. The molecule has 1 saturated carbocycles. The third-order valence-electron chi connectivity index (χ3n) is 4.82. The van der Waals surface area contributed by atoms with Gasteiger partial charge in [-0.05, 0) is 50.4 Å². The highest BCUT2D eigenvalue weighted by Gasteiger charge is 2.26. The Morgan fingerprint density at radius 3 is 2.53 bits per heavy atom. The van der Waals surface area contributed by atoms with Gasteiger partial charge >= 0.3 is 0 Å². The molecule has 1 N–H and O–H groups in total. The zero-order chi connectivity index (χ0) is 12.1. The Labute approximate surface area is 106 Å². The molecule has 100 valence electrons. The Hall–Kier alpha value is -0.0800. The van der Waals surface area contributed by atoms with Gasteiger partial charge in [0.05, 0.1) is 12.2 Å². The van der Waals surface area contributed by atoms with E-state index in [0.717, 1.165) is 25.4 Å². The van der Waals surface area contributed by atoms with Crippen LogP contribution in [0.5, 0.6) is 0 Å². The van der Waals surface area contributed by atoms with Gasteiger partial charge in [0.15, 0.2) is 0 Å². The molecular weight excluding hydrogens is 212 g/mol. The molecule has 17 heavy (non-hydrogen) atoms. The normalized spacial score (nSPS) is 36.0. The lowest BCUT2D eigenvalue weighted by Crippen LogP contribution is -2.26. The van der Waals surface area contributed by atoms with Crippen molar-refractivity contribution in [3.8, 4) is 0 Å². The first kappa shape index (κ1) is 13.4. The molecule has 0 radical (unpaired) electrons. The largest absolute Gasteiger partial charge is 0.393 e. The van der Waals surface area contributed by atoms with E-state index >= 15 is 0 Å². The second kappa shape index (κ2) is 6.75. The summed E-state index contributed by atoms with van der Waals surface area (Å²) in [5.74, 6) is 1.50. The molecule has 1 aliphatic carbocycles. The second-order valence-corrected chi connectivity index (χ2v) is 5.97. The zero-order valence-corrected chi connectivity index (χ0v) is 11.2. The molecular formula is C15H28O2. The van der Waals surface area contributed by atoms with E-state index < -0.39 is 0 Å². The lowest BCUT2D eigenvalue weighted by Gasteiger charge is -2.31. The maximum atomic E-state index is 10.2. The van der Waals surface area contributed by atoms with Crippen LogP contribution in [0.15, 0.2) is 0 Å². The number of aliphatic hydroxyl groups excluding tert-OH is 1. The van der Waals surface area contributed by atoms with Gasteiger partial charge in [0, 0.05) is 6.61 Å². The van der Waals surface area contributed by atoms with Gasteiger partial charge in [-0.1, -0.05) is 26.2 Å². The highest BCUT2D eigenvalue weighted by atomic mass is 16.5. The molecule has 0 spiro atoms. The van der Waals surface area contributed by atoms with Crippen molar-refractivity contribution in [2.45, 2.75) is 76.9 Å². The summed E-state index contributed by atoms with van der Waals surface area (Å²) in [6.45, 7) is 3.22. The van der Waals surface area contributed by atoms with E-state index in [4.69, 9.17) is 4.74 Å². The van der Waals surface area contributed by atoms with E-state index in [1.54, 1.807) is 0 Å². The standard InChI is InChI=1S/C15H28O2/c1-2-12-5-7-13(8-6-12)15(16)10-9-14-4-3-11-17-14/h12-16H,2-11H2,1H3. The van der Waals surface area contributed by atoms with Crippen LogP contribution < -0.4 is 0 Å². The summed E-state index contributed by atoms with van der Waals surface area (Å²) in [7, 11) is 0. The minimum atomic E-state index is -0.0722. The number of rotatable bonds is 5. The minimum absolute atomic E-state index is 0.0722. The molecule has 2 unspecified atom stereocenters. The number of hydrogen-bond acceptors (Lipinski definition) is 2. The van der Waals surface area contributed by atoms with Crippen LogP contribution in [0, 0.1) is 11.8 Å². The number of hydrogen-bond donors (Lipinski definition) is 1. The lowest BCUT2D eigenvalue weighted by atomic mass is 9.77. The Morgan fingerprint density at radius 2 is 1.94 bits per heavy atom. The van der Waals surface area contributed by atoms with Gasteiger partial charge in [-0.2, -0.15) is 0 Å². The molecule has 2 atom stereocenters. The van der Waals surface area contributed by atoms with Gasteiger partial charge < -0.3 is 9.84 Å². The van der Waals surface area contributed by atoms with E-state index in [9.17, 15) is 5.11 Å². The van der Waals surface area contributed by atoms with Crippen molar-refractivity contribution in [2.75, 3.05) is 6.61 Å². The van der Waals surface area contributed by atoms with Gasteiger partial charge in [0.25, 0.3) is 0 Å². The summed E-state index contributed by atoms with van der Waals surface area (Å²) in [6.07, 6.45) is 11.3. The molecule has 2 fully saturated rings. The second-order valence-electron chi connectivity index (χ2n) is 5.97. The molecule has 0 aromatic heterocycles. The predicted octanol–water partition coefficient (Wildman–Crippen LogP) is 3.52. The molecule has 2 aliphatic rings. The summed E-state index contributed by atoms with van der Waals surface area (Å²) in [6, 6.07) is 0. The predicted molar refractivity (Wildman–Crippen MR) is 70.0 cm³/mol. The first-order valence-electron chi connectivity index (χ1n) is 7.59. The molecule has 1 saturated heterocycles. The van der Waals surface area contributed by atoms with Crippen molar-refractivity contribution in [1.29, 1.82) is 0 Å². The number of aliphatic hydroxyl groups is 1. The topological polar surface area (TPSA) is 29.5 Å². The maximum Gasteiger partial charge on any atom is 0.0577 e. The first-order chi connectivity index (χ1) is 8.29. The van der Waals surface area contributed by atoms with Crippen molar-refractivity contribution in [2.24, 2.45) is 11.8 Å². The van der Waals surface area contributed by atoms with Crippen molar-refractivity contribution >= 4 is 0 Å². The van der Waals surface area contributed by atoms with Crippen LogP contribution in [0.4, 0.5) is 0 Å². The van der Waals surface area contributed by atoms with Crippen molar-refractivity contribution in [3.05, 3.63) is 0 Å². The smallest absolute Gasteiger partial charge is 0.0577 e. The highest BCUT2D eigenvalue weighted by molar-refractivity contribution is 4.78. The van der Waals surface area contributed by atoms with Crippen LogP contribution >= 0.6 is 0 Å². The summed E-state index contributed by atoms with van der Waals surface area (Å²) in [5, 5.41) is 10.2. The molecule has 1 aliphatic heterocycles. The average molecular weight is 240 g/mol. The van der Waals surface area contributed by atoms with Crippen LogP contribution in [0.25, 0.3) is 0 Å². The van der Waals surface area contributed by atoms with Crippen LogP contribution in [-0.2, 0) is 4.74 Å². The number of ether oxygens (including phenoxy) is 1. The van der Waals surface area contributed by atoms with Crippen LogP contribution in [0.2, 0.25) is 0 Å². The quantitative estimate of drug-likeness (QED) is 0.796. The van der Waals surface area contributed by atoms with Crippen LogP contribution in [-0.4, -0.2) is 23.9 Å². The fraction of sp³-hybridized carbons (Fsp3) is 1.00. The van der Waals surface area contributed by atoms with E-state index in [2.05, 4.69) is 6.92 Å². The average Bonchev–Trinajstić information content (AvgIpc) is 2.89. The Balaban J connectivity index is 1.64. The van der Waals surface area contributed by atoms with E-state index in [1.807, 2.05) is 0 Å². The van der Waals surface area contributed by atoms with Crippen molar-refractivity contribution in [1.82, 2.24) is 0 Å². The monoisotopic (exact) mass is 240 g/mol. The summed E-state index contributed by atoms with van der Waals surface area (Å²) in [4.78, 5) is 0. The molecule has 2 rings (SSSR count). The van der Waals surface area contributed by atoms with Crippen molar-refractivity contribution in [3.63, 3.8) is 0 Å². The molecule has 0 bridgehead atoms. The lowest BCUT2D eigenvalue weighted by molar-refractivity contribution is 0.0417. The molecule has 1 heterocycles. The molecule has 2 nitrogen and oxygen atoms in total. The van der Waals surface area contributed by atoms with Crippen molar-refractivity contribution < 1.29 is 9.84 Å². The molecule has 0 amide bonds. The van der Waals surface area contributed by atoms with E-state index in [1.165, 1.54) is 44.9 Å². The third-order valence-corrected chi connectivity index (χ3v) is 4.82. The van der Waals surface area contributed by atoms with Gasteiger partial charge in [-0.3, -0.25) is 0 Å². The summed E-state index contributed by atoms with van der Waals surface area (Å²) in [5.41, 5.74) is 0. The van der Waals surface area contributed by atoms with Crippen LogP contribution in [0.3, 0.4) is 0 Å². The fourth-order valence-electron chi connectivity index (χ4n) is 3.45. The SMILES string of the molecule is CCC1CCC(C(O)CCC2CCCO2)CC1. The summed E-state index contributed by atoms with van der Waals surface area (Å²) >= 11 is 0. The highest BCUT2D eigenvalue weighted by Crippen LogP contribution is 2.34. The molecule has 0 aromatic rings. The summed E-state index contributed by atoms with van der Waals surface area (Å²) < 4.78 is 5.61. The van der Waals surface area contributed by atoms with E-state index in [-0.39, 0.29) is 6.10 Å². The molecule has 2 heteroatoms. The minimum Gasteiger partial charge on any atom is -0.393 e. The zero-order valence-electron chi connectivity index (χ0n) is 11.2. The Bertz CT molecular complexity index is 203. The first-order valence-corrected chi connectivity index (χ1v) is 7.59. The maximum absolute atomic E-state index is 10.2. The van der Waals surface area contributed by atoms with Crippen LogP contribution in [0.1, 0.15) is 64.7 Å². The fourth-order valence-corrected chi connectivity index (χ4v) is 3.45. The van der Waals surface area contributed by atoms with Gasteiger partial charge in [0.2, 0.25) is 0 Å².